The van der Waals surface area contributed by atoms with Crippen LogP contribution in [0.25, 0.3) is 0 Å². The summed E-state index contributed by atoms with van der Waals surface area (Å²) < 4.78 is 6.25. The number of anilines is 2. The number of hydrogen-bond acceptors (Lipinski definition) is 9. The van der Waals surface area contributed by atoms with Gasteiger partial charge in [0.15, 0.2) is 0 Å². The summed E-state index contributed by atoms with van der Waals surface area (Å²) in [6.07, 6.45) is 8.28. The molecule has 0 saturated carbocycles. The molecule has 10 heteroatoms. The number of halogens is 1. The standard InChI is InChI=1S/C26H35ClN8O/c1-18-22(27)13-29-14-24(18)34-11-4-6-21-23(16-34)31-26(36-17-20-5-3-10-33(20)2)32-25(21)35-12-9-30-19(15-35)7-8-28/h13-14,19-20,30H,3-7,9-12,15-17H2,1-2H3/t19?,20-/m0/s1. The summed E-state index contributed by atoms with van der Waals surface area (Å²) >= 11 is 6.41. The summed E-state index contributed by atoms with van der Waals surface area (Å²) in [5, 5.41) is 13.4. The highest BCUT2D eigenvalue weighted by Crippen LogP contribution is 2.33. The number of fused-ring (bicyclic) bond motifs is 1. The minimum Gasteiger partial charge on any atom is -0.462 e. The molecule has 36 heavy (non-hydrogen) atoms. The highest BCUT2D eigenvalue weighted by molar-refractivity contribution is 6.31. The molecule has 2 aromatic rings. The Morgan fingerprint density at radius 1 is 1.19 bits per heavy atom. The molecule has 2 atom stereocenters. The van der Waals surface area contributed by atoms with E-state index in [-0.39, 0.29) is 6.04 Å². The zero-order valence-electron chi connectivity index (χ0n) is 21.2. The second-order valence-corrected chi connectivity index (χ2v) is 10.5. The van der Waals surface area contributed by atoms with E-state index in [1.54, 1.807) is 6.20 Å². The van der Waals surface area contributed by atoms with E-state index in [9.17, 15) is 5.26 Å². The molecular weight excluding hydrogens is 476 g/mol. The molecule has 1 N–H and O–H groups in total. The van der Waals surface area contributed by atoms with Crippen molar-refractivity contribution in [2.75, 3.05) is 56.2 Å². The van der Waals surface area contributed by atoms with Crippen LogP contribution in [0.2, 0.25) is 5.02 Å². The molecule has 3 aliphatic heterocycles. The molecule has 1 unspecified atom stereocenters. The van der Waals surface area contributed by atoms with Gasteiger partial charge in [0.05, 0.1) is 41.6 Å². The molecule has 2 aromatic heterocycles. The lowest BCUT2D eigenvalue weighted by Crippen LogP contribution is -2.51. The first-order chi connectivity index (χ1) is 17.5. The van der Waals surface area contributed by atoms with Crippen molar-refractivity contribution in [1.29, 1.82) is 5.26 Å². The Morgan fingerprint density at radius 3 is 2.89 bits per heavy atom. The molecule has 2 saturated heterocycles. The molecule has 5 heterocycles. The maximum Gasteiger partial charge on any atom is 0.318 e. The molecule has 2 fully saturated rings. The Morgan fingerprint density at radius 2 is 2.08 bits per heavy atom. The molecule has 9 nitrogen and oxygen atoms in total. The fourth-order valence-electron chi connectivity index (χ4n) is 5.55. The molecule has 3 aliphatic rings. The number of likely N-dealkylation sites (tertiary alicyclic amines) is 1. The van der Waals surface area contributed by atoms with E-state index in [1.807, 2.05) is 13.1 Å². The van der Waals surface area contributed by atoms with Crippen molar-refractivity contribution in [2.45, 2.75) is 57.7 Å². The first-order valence-corrected chi connectivity index (χ1v) is 13.3. The topological polar surface area (TPSA) is 93.4 Å². The van der Waals surface area contributed by atoms with Crippen molar-refractivity contribution < 1.29 is 4.74 Å². The summed E-state index contributed by atoms with van der Waals surface area (Å²) in [6, 6.07) is 3.28. The van der Waals surface area contributed by atoms with E-state index in [1.165, 1.54) is 12.0 Å². The van der Waals surface area contributed by atoms with Gasteiger partial charge in [0, 0.05) is 50.0 Å². The van der Waals surface area contributed by atoms with E-state index in [0.717, 1.165) is 74.7 Å². The smallest absolute Gasteiger partial charge is 0.318 e. The van der Waals surface area contributed by atoms with Gasteiger partial charge in [-0.1, -0.05) is 11.6 Å². The number of aromatic nitrogens is 3. The van der Waals surface area contributed by atoms with Crippen molar-refractivity contribution in [2.24, 2.45) is 0 Å². The lowest BCUT2D eigenvalue weighted by Gasteiger charge is -2.35. The van der Waals surface area contributed by atoms with Crippen molar-refractivity contribution in [3.8, 4) is 12.1 Å². The number of nitrogens with zero attached hydrogens (tertiary/aromatic N) is 7. The second-order valence-electron chi connectivity index (χ2n) is 10.1. The van der Waals surface area contributed by atoms with Gasteiger partial charge in [0.1, 0.15) is 12.4 Å². The third kappa shape index (κ3) is 5.36. The third-order valence-electron chi connectivity index (χ3n) is 7.68. The van der Waals surface area contributed by atoms with Crippen molar-refractivity contribution in [3.63, 3.8) is 0 Å². The number of likely N-dealkylation sites (N-methyl/N-ethyl adjacent to an activating group) is 1. The van der Waals surface area contributed by atoms with Gasteiger partial charge in [0.2, 0.25) is 0 Å². The minimum atomic E-state index is 0.133. The van der Waals surface area contributed by atoms with Crippen LogP contribution in [-0.4, -0.2) is 78.3 Å². The number of pyridine rings is 1. The first kappa shape index (κ1) is 25.0. The summed E-state index contributed by atoms with van der Waals surface area (Å²) in [7, 11) is 2.15. The number of ether oxygens (including phenoxy) is 1. The van der Waals surface area contributed by atoms with E-state index < -0.39 is 0 Å². The van der Waals surface area contributed by atoms with Crippen molar-refractivity contribution in [1.82, 2.24) is 25.2 Å². The monoisotopic (exact) mass is 510 g/mol. The summed E-state index contributed by atoms with van der Waals surface area (Å²) in [6.45, 7) is 7.70. The van der Waals surface area contributed by atoms with Crippen LogP contribution in [-0.2, 0) is 13.0 Å². The summed E-state index contributed by atoms with van der Waals surface area (Å²) in [4.78, 5) is 21.3. The molecule has 5 rings (SSSR count). The molecule has 0 aromatic carbocycles. The number of nitrogens with one attached hydrogen (secondary N) is 1. The highest BCUT2D eigenvalue weighted by Gasteiger charge is 2.29. The molecule has 0 radical (unpaired) electrons. The summed E-state index contributed by atoms with van der Waals surface area (Å²) in [5.74, 6) is 0.960. The average Bonchev–Trinajstić information content (AvgIpc) is 3.17. The van der Waals surface area contributed by atoms with E-state index in [0.29, 0.717) is 36.6 Å². The Hall–Kier alpha value is -2.67. The normalized spacial score (nSPS) is 22.7. The molecule has 0 bridgehead atoms. The Labute approximate surface area is 218 Å². The first-order valence-electron chi connectivity index (χ1n) is 13.0. The number of nitriles is 1. The molecular formula is C26H35ClN8O. The van der Waals surface area contributed by atoms with E-state index >= 15 is 0 Å². The van der Waals surface area contributed by atoms with Gasteiger partial charge >= 0.3 is 6.01 Å². The zero-order valence-corrected chi connectivity index (χ0v) is 22.0. The lowest BCUT2D eigenvalue weighted by molar-refractivity contribution is 0.187. The maximum atomic E-state index is 9.25. The quantitative estimate of drug-likeness (QED) is 0.629. The minimum absolute atomic E-state index is 0.133. The van der Waals surface area contributed by atoms with Gasteiger partial charge in [-0.05, 0) is 51.8 Å². The van der Waals surface area contributed by atoms with Crippen LogP contribution in [0.4, 0.5) is 11.5 Å². The predicted octanol–water partition coefficient (Wildman–Crippen LogP) is 2.95. The lowest BCUT2D eigenvalue weighted by atomic mass is 10.1. The van der Waals surface area contributed by atoms with Crippen molar-refractivity contribution in [3.05, 3.63) is 34.2 Å². The zero-order chi connectivity index (χ0) is 25.1. The highest BCUT2D eigenvalue weighted by atomic mass is 35.5. The van der Waals surface area contributed by atoms with Crippen molar-refractivity contribution >= 4 is 23.1 Å². The number of hydrogen-bond donors (Lipinski definition) is 1. The van der Waals surface area contributed by atoms with Gasteiger partial charge in [0.25, 0.3) is 0 Å². The van der Waals surface area contributed by atoms with Crippen LogP contribution < -0.4 is 19.9 Å². The van der Waals surface area contributed by atoms with E-state index in [2.05, 4.69) is 38.1 Å². The van der Waals surface area contributed by atoms with Gasteiger partial charge in [-0.15, -0.1) is 0 Å². The Balaban J connectivity index is 1.47. The number of rotatable bonds is 6. The van der Waals surface area contributed by atoms with Crippen LogP contribution in [0.5, 0.6) is 6.01 Å². The number of piperazine rings is 1. The van der Waals surface area contributed by atoms with Crippen LogP contribution in [0.3, 0.4) is 0 Å². The summed E-state index contributed by atoms with van der Waals surface area (Å²) in [5.41, 5.74) is 4.27. The maximum absolute atomic E-state index is 9.25. The predicted molar refractivity (Wildman–Crippen MR) is 141 cm³/mol. The average molecular weight is 511 g/mol. The van der Waals surface area contributed by atoms with Gasteiger partial charge in [-0.25, -0.2) is 0 Å². The van der Waals surface area contributed by atoms with Gasteiger partial charge < -0.3 is 24.8 Å². The Bertz CT molecular complexity index is 1120. The Kier molecular flexibility index (Phi) is 7.75. The molecule has 0 spiro atoms. The van der Waals surface area contributed by atoms with Crippen LogP contribution in [0, 0.1) is 18.3 Å². The fraction of sp³-hybridized carbons (Fsp3) is 0.615. The van der Waals surface area contributed by atoms with Crippen LogP contribution in [0.1, 0.15) is 42.5 Å². The van der Waals surface area contributed by atoms with Gasteiger partial charge in [-0.2, -0.15) is 15.2 Å². The molecule has 0 aliphatic carbocycles. The fourth-order valence-corrected chi connectivity index (χ4v) is 5.71. The van der Waals surface area contributed by atoms with E-state index in [4.69, 9.17) is 26.3 Å². The largest absolute Gasteiger partial charge is 0.462 e. The molecule has 0 amide bonds. The van der Waals surface area contributed by atoms with Crippen LogP contribution in [0.15, 0.2) is 12.4 Å². The van der Waals surface area contributed by atoms with Crippen LogP contribution >= 0.6 is 11.6 Å². The SMILES string of the molecule is Cc1c(Cl)cncc1N1CCCc2c(nc(OC[C@@H]3CCCN3C)nc2N2CCNC(CC#N)C2)C1. The third-order valence-corrected chi connectivity index (χ3v) is 8.06. The molecule has 192 valence electrons. The van der Waals surface area contributed by atoms with Gasteiger partial charge in [-0.3, -0.25) is 4.98 Å². The second kappa shape index (κ2) is 11.2.